The summed E-state index contributed by atoms with van der Waals surface area (Å²) in [5.41, 5.74) is 0.267. The van der Waals surface area contributed by atoms with Crippen molar-refractivity contribution in [3.8, 4) is 0 Å². The minimum absolute atomic E-state index is 0.0272. The maximum Gasteiger partial charge on any atom is 0.338 e. The summed E-state index contributed by atoms with van der Waals surface area (Å²) in [6, 6.07) is 5.38. The van der Waals surface area contributed by atoms with E-state index >= 15 is 0 Å². The van der Waals surface area contributed by atoms with Crippen LogP contribution in [0.1, 0.15) is 17.3 Å². The summed E-state index contributed by atoms with van der Waals surface area (Å²) >= 11 is 0. The van der Waals surface area contributed by atoms with E-state index in [0.29, 0.717) is 0 Å². The van der Waals surface area contributed by atoms with Crippen LogP contribution in [0.25, 0.3) is 0 Å². The molecule has 1 aliphatic heterocycles. The predicted octanol–water partition coefficient (Wildman–Crippen LogP) is 0.568. The molecule has 1 heterocycles. The van der Waals surface area contributed by atoms with Crippen molar-refractivity contribution >= 4 is 22.0 Å². The third-order valence-corrected chi connectivity index (χ3v) is 5.05. The van der Waals surface area contributed by atoms with Crippen LogP contribution in [0, 0.1) is 5.92 Å². The molecular weight excluding hydrogens is 298 g/mol. The van der Waals surface area contributed by atoms with Crippen LogP contribution in [0.4, 0.5) is 0 Å². The molecule has 0 amide bonds. The SMILES string of the molecule is CCOC(=O)c1ccc(S(=O)(=O)N2CC(C(=O)O)C2)cc1. The first-order valence-electron chi connectivity index (χ1n) is 6.36. The first kappa shape index (κ1) is 15.5. The summed E-state index contributed by atoms with van der Waals surface area (Å²) in [4.78, 5) is 22.2. The molecule has 21 heavy (non-hydrogen) atoms. The standard InChI is InChI=1S/C13H15NO6S/c1-2-20-13(17)9-3-5-11(6-4-9)21(18,19)14-7-10(8-14)12(15)16/h3-6,10H,2,7-8H2,1H3,(H,15,16). The lowest BCUT2D eigenvalue weighted by atomic mass is 10.0. The van der Waals surface area contributed by atoms with Crippen molar-refractivity contribution in [2.75, 3.05) is 19.7 Å². The number of rotatable bonds is 5. The Balaban J connectivity index is 2.11. The monoisotopic (exact) mass is 313 g/mol. The summed E-state index contributed by atoms with van der Waals surface area (Å²) in [6.45, 7) is 1.86. The number of hydrogen-bond donors (Lipinski definition) is 1. The average Bonchev–Trinajstić information content (AvgIpc) is 2.36. The molecule has 8 heteroatoms. The van der Waals surface area contributed by atoms with Crippen molar-refractivity contribution in [2.24, 2.45) is 5.92 Å². The second-order valence-electron chi connectivity index (χ2n) is 4.60. The van der Waals surface area contributed by atoms with Crippen molar-refractivity contribution in [1.29, 1.82) is 0 Å². The Bertz CT molecular complexity index is 646. The second kappa shape index (κ2) is 5.82. The highest BCUT2D eigenvalue weighted by Gasteiger charge is 2.40. The number of ether oxygens (including phenoxy) is 1. The molecular formula is C13H15NO6S. The number of benzene rings is 1. The quantitative estimate of drug-likeness (QED) is 0.797. The van der Waals surface area contributed by atoms with Crippen LogP contribution in [-0.2, 0) is 19.6 Å². The molecule has 0 aromatic heterocycles. The number of carbonyl (C=O) groups is 2. The fourth-order valence-corrected chi connectivity index (χ4v) is 3.45. The van der Waals surface area contributed by atoms with Gasteiger partial charge in [-0.1, -0.05) is 0 Å². The topological polar surface area (TPSA) is 101 Å². The Morgan fingerprint density at radius 1 is 1.29 bits per heavy atom. The van der Waals surface area contributed by atoms with Crippen LogP contribution in [0.3, 0.4) is 0 Å². The molecule has 1 saturated heterocycles. The Hall–Kier alpha value is -1.93. The molecule has 114 valence electrons. The molecule has 0 saturated carbocycles. The number of nitrogens with zero attached hydrogens (tertiary/aromatic N) is 1. The van der Waals surface area contributed by atoms with Gasteiger partial charge in [-0.2, -0.15) is 4.31 Å². The van der Waals surface area contributed by atoms with Gasteiger partial charge in [0.2, 0.25) is 10.0 Å². The molecule has 1 aromatic rings. The van der Waals surface area contributed by atoms with Crippen molar-refractivity contribution in [3.63, 3.8) is 0 Å². The zero-order valence-electron chi connectivity index (χ0n) is 11.4. The maximum absolute atomic E-state index is 12.2. The van der Waals surface area contributed by atoms with Gasteiger partial charge in [0.05, 0.1) is 23.0 Å². The zero-order chi connectivity index (χ0) is 15.6. The lowest BCUT2D eigenvalue weighted by molar-refractivity contribution is -0.145. The first-order valence-corrected chi connectivity index (χ1v) is 7.80. The predicted molar refractivity (Wildman–Crippen MR) is 72.3 cm³/mol. The highest BCUT2D eigenvalue weighted by molar-refractivity contribution is 7.89. The fraction of sp³-hybridized carbons (Fsp3) is 0.385. The van der Waals surface area contributed by atoms with Gasteiger partial charge in [0.1, 0.15) is 0 Å². The normalized spacial score (nSPS) is 16.2. The van der Waals surface area contributed by atoms with E-state index in [1.54, 1.807) is 6.92 Å². The molecule has 2 rings (SSSR count). The zero-order valence-corrected chi connectivity index (χ0v) is 12.2. The van der Waals surface area contributed by atoms with E-state index in [4.69, 9.17) is 9.84 Å². The van der Waals surface area contributed by atoms with Gasteiger partial charge in [-0.3, -0.25) is 4.79 Å². The fourth-order valence-electron chi connectivity index (χ4n) is 1.92. The highest BCUT2D eigenvalue weighted by atomic mass is 32.2. The molecule has 0 atom stereocenters. The van der Waals surface area contributed by atoms with Crippen LogP contribution in [0.15, 0.2) is 29.2 Å². The summed E-state index contributed by atoms with van der Waals surface area (Å²) < 4.78 is 30.3. The molecule has 0 unspecified atom stereocenters. The third-order valence-electron chi connectivity index (χ3n) is 3.20. The van der Waals surface area contributed by atoms with Gasteiger partial charge in [0.15, 0.2) is 0 Å². The largest absolute Gasteiger partial charge is 0.481 e. The lowest BCUT2D eigenvalue weighted by Gasteiger charge is -2.35. The maximum atomic E-state index is 12.2. The molecule has 1 fully saturated rings. The van der Waals surface area contributed by atoms with E-state index in [-0.39, 0.29) is 30.2 Å². The minimum atomic E-state index is -3.71. The van der Waals surface area contributed by atoms with Crippen molar-refractivity contribution in [1.82, 2.24) is 4.31 Å². The molecule has 0 aliphatic carbocycles. The van der Waals surface area contributed by atoms with E-state index < -0.39 is 27.9 Å². The van der Waals surface area contributed by atoms with E-state index in [0.717, 1.165) is 4.31 Å². The molecule has 7 nitrogen and oxygen atoms in total. The summed E-state index contributed by atoms with van der Waals surface area (Å²) in [5, 5.41) is 8.76. The third kappa shape index (κ3) is 3.06. The number of carbonyl (C=O) groups excluding carboxylic acids is 1. The van der Waals surface area contributed by atoms with Crippen LogP contribution < -0.4 is 0 Å². The van der Waals surface area contributed by atoms with Crippen molar-refractivity contribution in [3.05, 3.63) is 29.8 Å². The Morgan fingerprint density at radius 3 is 2.33 bits per heavy atom. The summed E-state index contributed by atoms with van der Waals surface area (Å²) in [6.07, 6.45) is 0. The van der Waals surface area contributed by atoms with Crippen LogP contribution in [0.5, 0.6) is 0 Å². The lowest BCUT2D eigenvalue weighted by Crippen LogP contribution is -2.52. The van der Waals surface area contributed by atoms with Crippen molar-refractivity contribution < 1.29 is 27.9 Å². The number of carboxylic acid groups (broad SMARTS) is 1. The van der Waals surface area contributed by atoms with Crippen LogP contribution in [-0.4, -0.2) is 49.5 Å². The van der Waals surface area contributed by atoms with Gasteiger partial charge >= 0.3 is 11.9 Å². The van der Waals surface area contributed by atoms with Gasteiger partial charge < -0.3 is 9.84 Å². The molecule has 1 aliphatic rings. The Kier molecular flexibility index (Phi) is 4.29. The summed E-state index contributed by atoms with van der Waals surface area (Å²) in [5.74, 6) is -2.17. The van der Waals surface area contributed by atoms with Gasteiger partial charge in [-0.25, -0.2) is 13.2 Å². The molecule has 1 N–H and O–H groups in total. The second-order valence-corrected chi connectivity index (χ2v) is 6.54. The van der Waals surface area contributed by atoms with E-state index in [9.17, 15) is 18.0 Å². The van der Waals surface area contributed by atoms with Gasteiger partial charge in [-0.15, -0.1) is 0 Å². The van der Waals surface area contributed by atoms with Gasteiger partial charge in [-0.05, 0) is 31.2 Å². The molecule has 1 aromatic carbocycles. The Morgan fingerprint density at radius 2 is 1.86 bits per heavy atom. The number of esters is 1. The smallest absolute Gasteiger partial charge is 0.338 e. The average molecular weight is 313 g/mol. The number of sulfonamides is 1. The number of hydrogen-bond acceptors (Lipinski definition) is 5. The number of carboxylic acids is 1. The van der Waals surface area contributed by atoms with Crippen LogP contribution in [0.2, 0.25) is 0 Å². The summed E-state index contributed by atoms with van der Waals surface area (Å²) in [7, 11) is -3.71. The molecule has 0 spiro atoms. The van der Waals surface area contributed by atoms with Crippen LogP contribution >= 0.6 is 0 Å². The highest BCUT2D eigenvalue weighted by Crippen LogP contribution is 2.25. The van der Waals surface area contributed by atoms with Crippen molar-refractivity contribution in [2.45, 2.75) is 11.8 Å². The minimum Gasteiger partial charge on any atom is -0.481 e. The van der Waals surface area contributed by atoms with Gasteiger partial charge in [0.25, 0.3) is 0 Å². The molecule has 0 bridgehead atoms. The van der Waals surface area contributed by atoms with E-state index in [2.05, 4.69) is 0 Å². The van der Waals surface area contributed by atoms with E-state index in [1.165, 1.54) is 24.3 Å². The molecule has 0 radical (unpaired) electrons. The van der Waals surface area contributed by atoms with Gasteiger partial charge in [0, 0.05) is 13.1 Å². The first-order chi connectivity index (χ1) is 9.86. The Labute approximate surface area is 122 Å². The number of aliphatic carboxylic acids is 1. The van der Waals surface area contributed by atoms with E-state index in [1.807, 2.05) is 0 Å².